The molecule has 7 nitrogen and oxygen atoms in total. The standard InChI is InChI=1S/C19H21N3O4S/c1-14(12-22-19(23)18-9-4-3-7-16(18)11-20-22)21-27(24,25)17-8-5-6-15(10-17)13-26-2/h3-11,14,21H,12-13H2,1-2H3/t14-/m1/s1. The minimum absolute atomic E-state index is 0.126. The van der Waals surface area contributed by atoms with Gasteiger partial charge >= 0.3 is 0 Å². The number of nitrogens with one attached hydrogen (secondary N) is 1. The summed E-state index contributed by atoms with van der Waals surface area (Å²) >= 11 is 0. The summed E-state index contributed by atoms with van der Waals surface area (Å²) in [5, 5.41) is 5.44. The average molecular weight is 387 g/mol. The number of methoxy groups -OCH3 is 1. The fraction of sp³-hybridized carbons (Fsp3) is 0.263. The Balaban J connectivity index is 1.79. The summed E-state index contributed by atoms with van der Waals surface area (Å²) in [4.78, 5) is 12.7. The van der Waals surface area contributed by atoms with E-state index in [1.807, 2.05) is 12.1 Å². The number of benzene rings is 2. The van der Waals surface area contributed by atoms with E-state index in [2.05, 4.69) is 9.82 Å². The molecule has 2 aromatic carbocycles. The van der Waals surface area contributed by atoms with Crippen LogP contribution < -0.4 is 10.3 Å². The predicted octanol–water partition coefficient (Wildman–Crippen LogP) is 1.91. The minimum Gasteiger partial charge on any atom is -0.380 e. The Labute approximate surface area is 157 Å². The zero-order chi connectivity index (χ0) is 19.4. The van der Waals surface area contributed by atoms with Crippen molar-refractivity contribution in [1.29, 1.82) is 0 Å². The molecule has 0 saturated carbocycles. The van der Waals surface area contributed by atoms with E-state index >= 15 is 0 Å². The van der Waals surface area contributed by atoms with E-state index in [-0.39, 0.29) is 17.0 Å². The van der Waals surface area contributed by atoms with Gasteiger partial charge in [-0.3, -0.25) is 4.79 Å². The lowest BCUT2D eigenvalue weighted by Crippen LogP contribution is -2.38. The van der Waals surface area contributed by atoms with Gasteiger partial charge in [-0.05, 0) is 30.7 Å². The third kappa shape index (κ3) is 4.41. The van der Waals surface area contributed by atoms with Crippen LogP contribution in [0.1, 0.15) is 12.5 Å². The van der Waals surface area contributed by atoms with Crippen molar-refractivity contribution < 1.29 is 13.2 Å². The summed E-state index contributed by atoms with van der Waals surface area (Å²) in [5.41, 5.74) is 0.515. The molecule has 142 valence electrons. The molecule has 0 fully saturated rings. The largest absolute Gasteiger partial charge is 0.380 e. The van der Waals surface area contributed by atoms with Crippen molar-refractivity contribution >= 4 is 20.8 Å². The molecule has 8 heteroatoms. The lowest BCUT2D eigenvalue weighted by Gasteiger charge is -2.15. The molecule has 0 radical (unpaired) electrons. The molecule has 1 aromatic heterocycles. The fourth-order valence-corrected chi connectivity index (χ4v) is 4.16. The summed E-state index contributed by atoms with van der Waals surface area (Å²) in [5.74, 6) is 0. The molecule has 1 N–H and O–H groups in total. The Bertz CT molecular complexity index is 1110. The maximum Gasteiger partial charge on any atom is 0.274 e. The van der Waals surface area contributed by atoms with E-state index in [0.29, 0.717) is 12.0 Å². The lowest BCUT2D eigenvalue weighted by atomic mass is 10.2. The van der Waals surface area contributed by atoms with Gasteiger partial charge in [0.05, 0.1) is 29.6 Å². The van der Waals surface area contributed by atoms with E-state index in [1.165, 1.54) is 10.7 Å². The first-order chi connectivity index (χ1) is 12.9. The highest BCUT2D eigenvalue weighted by Gasteiger charge is 2.19. The van der Waals surface area contributed by atoms with E-state index in [0.717, 1.165) is 10.9 Å². The number of sulfonamides is 1. The smallest absolute Gasteiger partial charge is 0.274 e. The van der Waals surface area contributed by atoms with E-state index in [9.17, 15) is 13.2 Å². The Morgan fingerprint density at radius 1 is 1.19 bits per heavy atom. The number of ether oxygens (including phenoxy) is 1. The van der Waals surface area contributed by atoms with Gasteiger partial charge in [0.2, 0.25) is 10.0 Å². The summed E-state index contributed by atoms with van der Waals surface area (Å²) in [7, 11) is -2.17. The highest BCUT2D eigenvalue weighted by atomic mass is 32.2. The van der Waals surface area contributed by atoms with Gasteiger partial charge in [0.15, 0.2) is 0 Å². The van der Waals surface area contributed by atoms with Crippen molar-refractivity contribution in [2.24, 2.45) is 0 Å². The molecule has 1 heterocycles. The van der Waals surface area contributed by atoms with E-state index in [4.69, 9.17) is 4.74 Å². The Hall–Kier alpha value is -2.55. The van der Waals surface area contributed by atoms with Gasteiger partial charge in [0.1, 0.15) is 0 Å². The number of hydrogen-bond donors (Lipinski definition) is 1. The zero-order valence-corrected chi connectivity index (χ0v) is 15.9. The highest BCUT2D eigenvalue weighted by Crippen LogP contribution is 2.13. The molecule has 0 aliphatic carbocycles. The van der Waals surface area contributed by atoms with E-state index < -0.39 is 16.1 Å². The quantitative estimate of drug-likeness (QED) is 0.669. The Morgan fingerprint density at radius 3 is 2.74 bits per heavy atom. The maximum absolute atomic E-state index is 12.6. The molecular formula is C19H21N3O4S. The maximum atomic E-state index is 12.6. The summed E-state index contributed by atoms with van der Waals surface area (Å²) in [6.07, 6.45) is 1.60. The van der Waals surface area contributed by atoms with Crippen LogP contribution in [0.4, 0.5) is 0 Å². The van der Waals surface area contributed by atoms with Gasteiger partial charge in [0, 0.05) is 18.5 Å². The van der Waals surface area contributed by atoms with Gasteiger partial charge in [-0.2, -0.15) is 5.10 Å². The van der Waals surface area contributed by atoms with Crippen LogP contribution in [-0.2, 0) is 27.9 Å². The van der Waals surface area contributed by atoms with Crippen molar-refractivity contribution in [1.82, 2.24) is 14.5 Å². The van der Waals surface area contributed by atoms with Crippen LogP contribution in [0.15, 0.2) is 64.4 Å². The highest BCUT2D eigenvalue weighted by molar-refractivity contribution is 7.89. The van der Waals surface area contributed by atoms with Crippen molar-refractivity contribution in [2.45, 2.75) is 31.0 Å². The monoisotopic (exact) mass is 387 g/mol. The number of hydrogen-bond acceptors (Lipinski definition) is 5. The summed E-state index contributed by atoms with van der Waals surface area (Å²) < 4.78 is 34.2. The zero-order valence-electron chi connectivity index (χ0n) is 15.1. The summed E-state index contributed by atoms with van der Waals surface area (Å²) in [6.45, 7) is 2.15. The second-order valence-corrected chi connectivity index (χ2v) is 8.04. The van der Waals surface area contributed by atoms with Crippen LogP contribution in [0.5, 0.6) is 0 Å². The second-order valence-electron chi connectivity index (χ2n) is 6.32. The van der Waals surface area contributed by atoms with Crippen LogP contribution in [0.3, 0.4) is 0 Å². The van der Waals surface area contributed by atoms with Crippen molar-refractivity contribution in [3.05, 3.63) is 70.6 Å². The Morgan fingerprint density at radius 2 is 1.96 bits per heavy atom. The van der Waals surface area contributed by atoms with Gasteiger partial charge in [0.25, 0.3) is 5.56 Å². The minimum atomic E-state index is -3.72. The molecular weight excluding hydrogens is 366 g/mol. The third-order valence-electron chi connectivity index (χ3n) is 4.08. The number of aromatic nitrogens is 2. The number of rotatable bonds is 7. The molecule has 0 aliphatic rings. The molecule has 0 unspecified atom stereocenters. The molecule has 0 spiro atoms. The third-order valence-corrected chi connectivity index (χ3v) is 5.67. The number of nitrogens with zero attached hydrogens (tertiary/aromatic N) is 2. The lowest BCUT2D eigenvalue weighted by molar-refractivity contribution is 0.184. The van der Waals surface area contributed by atoms with Crippen LogP contribution in [0.2, 0.25) is 0 Å². The normalized spacial score (nSPS) is 13.0. The van der Waals surface area contributed by atoms with Gasteiger partial charge in [-0.25, -0.2) is 17.8 Å². The van der Waals surface area contributed by atoms with Gasteiger partial charge in [-0.1, -0.05) is 30.3 Å². The average Bonchev–Trinajstić information content (AvgIpc) is 2.64. The molecule has 0 aliphatic heterocycles. The topological polar surface area (TPSA) is 90.3 Å². The van der Waals surface area contributed by atoms with Crippen molar-refractivity contribution in [3.63, 3.8) is 0 Å². The van der Waals surface area contributed by atoms with Crippen molar-refractivity contribution in [3.8, 4) is 0 Å². The molecule has 1 atom stereocenters. The molecule has 0 saturated heterocycles. The molecule has 0 bridgehead atoms. The van der Waals surface area contributed by atoms with Crippen LogP contribution >= 0.6 is 0 Å². The first-order valence-electron chi connectivity index (χ1n) is 8.46. The molecule has 3 rings (SSSR count). The van der Waals surface area contributed by atoms with Crippen LogP contribution in [0, 0.1) is 0 Å². The molecule has 0 amide bonds. The second kappa shape index (κ2) is 7.99. The first-order valence-corrected chi connectivity index (χ1v) is 9.94. The molecule has 27 heavy (non-hydrogen) atoms. The van der Waals surface area contributed by atoms with Crippen LogP contribution in [0.25, 0.3) is 10.8 Å². The van der Waals surface area contributed by atoms with Gasteiger partial charge < -0.3 is 4.74 Å². The molecule has 3 aromatic rings. The fourth-order valence-electron chi connectivity index (χ4n) is 2.86. The van der Waals surface area contributed by atoms with Gasteiger partial charge in [-0.15, -0.1) is 0 Å². The number of fused-ring (bicyclic) bond motifs is 1. The SMILES string of the molecule is COCc1cccc(S(=O)(=O)N[C@H](C)Cn2ncc3ccccc3c2=O)c1. The van der Waals surface area contributed by atoms with Crippen LogP contribution in [-0.4, -0.2) is 31.3 Å². The van der Waals surface area contributed by atoms with Crippen molar-refractivity contribution in [2.75, 3.05) is 7.11 Å². The Kier molecular flexibility index (Phi) is 5.69. The first kappa shape index (κ1) is 19.2. The predicted molar refractivity (Wildman–Crippen MR) is 103 cm³/mol. The van der Waals surface area contributed by atoms with E-state index in [1.54, 1.807) is 50.6 Å². The summed E-state index contributed by atoms with van der Waals surface area (Å²) in [6, 6.07) is 13.2.